The van der Waals surface area contributed by atoms with Crippen molar-refractivity contribution in [3.05, 3.63) is 12.2 Å². The van der Waals surface area contributed by atoms with Crippen LogP contribution in [0.15, 0.2) is 12.2 Å². The van der Waals surface area contributed by atoms with Gasteiger partial charge in [0.2, 0.25) is 11.8 Å². The molecule has 13 heteroatoms. The molecule has 0 aliphatic carbocycles. The molecule has 0 aromatic heterocycles. The van der Waals surface area contributed by atoms with Crippen molar-refractivity contribution in [3.63, 3.8) is 0 Å². The molecule has 3 aliphatic rings. The van der Waals surface area contributed by atoms with Crippen molar-refractivity contribution in [1.82, 2.24) is 4.90 Å². The molecular weight excluding hydrogens is 582 g/mol. The Kier molecular flexibility index (Phi) is 11.8. The number of fused-ring (bicyclic) bond motifs is 5. The van der Waals surface area contributed by atoms with Crippen LogP contribution in [0.25, 0.3) is 0 Å². The molecule has 7 atom stereocenters. The Labute approximate surface area is 259 Å². The summed E-state index contributed by atoms with van der Waals surface area (Å²) in [4.78, 5) is 65.2. The summed E-state index contributed by atoms with van der Waals surface area (Å²) in [5.41, 5.74) is 0. The molecular formula is C30H48ClN3O9+2. The van der Waals surface area contributed by atoms with Gasteiger partial charge in [-0.1, -0.05) is 19.1 Å². The highest BCUT2D eigenvalue weighted by Gasteiger charge is 2.60. The molecule has 0 aromatic rings. The Balaban J connectivity index is 1.52. The lowest BCUT2D eigenvalue weighted by atomic mass is 9.85. The van der Waals surface area contributed by atoms with Crippen LogP contribution >= 0.6 is 11.6 Å². The van der Waals surface area contributed by atoms with Gasteiger partial charge in [-0.2, -0.15) is 0 Å². The maximum atomic E-state index is 13.1. The molecule has 2 saturated heterocycles. The highest BCUT2D eigenvalue weighted by Crippen LogP contribution is 2.44. The first-order valence-electron chi connectivity index (χ1n) is 15.0. The van der Waals surface area contributed by atoms with Crippen molar-refractivity contribution in [2.24, 2.45) is 23.7 Å². The summed E-state index contributed by atoms with van der Waals surface area (Å²) in [7, 11) is 9.96. The summed E-state index contributed by atoms with van der Waals surface area (Å²) in [6, 6.07) is 0. The first-order chi connectivity index (χ1) is 20.0. The van der Waals surface area contributed by atoms with Crippen LogP contribution in [0.4, 0.5) is 0 Å². The molecule has 7 unspecified atom stereocenters. The van der Waals surface area contributed by atoms with E-state index in [0.717, 1.165) is 11.4 Å². The number of esters is 3. The van der Waals surface area contributed by atoms with Crippen molar-refractivity contribution >= 4 is 41.3 Å². The molecule has 2 amide bonds. The summed E-state index contributed by atoms with van der Waals surface area (Å²) < 4.78 is 23.2. The van der Waals surface area contributed by atoms with E-state index in [1.54, 1.807) is 6.92 Å². The zero-order valence-electron chi connectivity index (χ0n) is 26.5. The van der Waals surface area contributed by atoms with Crippen LogP contribution in [0, 0.1) is 23.7 Å². The number of rotatable bonds is 17. The van der Waals surface area contributed by atoms with Gasteiger partial charge in [0, 0.05) is 0 Å². The monoisotopic (exact) mass is 629 g/mol. The van der Waals surface area contributed by atoms with E-state index in [-0.39, 0.29) is 63.2 Å². The minimum atomic E-state index is -1.10. The number of halogens is 1. The Morgan fingerprint density at radius 1 is 0.860 bits per heavy atom. The number of ether oxygens (including phenoxy) is 4. The third-order valence-corrected chi connectivity index (χ3v) is 8.84. The number of hydrogen-bond acceptors (Lipinski definition) is 9. The van der Waals surface area contributed by atoms with E-state index in [2.05, 4.69) is 0 Å². The number of likely N-dealkylation sites (N-methyl/N-ethyl adjacent to an activating group) is 2. The zero-order chi connectivity index (χ0) is 32.1. The Hall–Kier alpha value is -2.54. The van der Waals surface area contributed by atoms with Gasteiger partial charge >= 0.3 is 17.9 Å². The highest BCUT2D eigenvalue weighted by atomic mass is 35.5. The average molecular weight is 630 g/mol. The third-order valence-electron chi connectivity index (χ3n) is 8.49. The Bertz CT molecular complexity index is 1060. The molecule has 0 aromatic carbocycles. The molecule has 2 fully saturated rings. The number of nitrogens with zero attached hydrogens (tertiary/aromatic N) is 3. The summed E-state index contributed by atoms with van der Waals surface area (Å²) in [6.07, 6.45) is 2.82. The van der Waals surface area contributed by atoms with E-state index in [1.807, 2.05) is 54.3 Å². The van der Waals surface area contributed by atoms with Crippen molar-refractivity contribution < 1.29 is 51.9 Å². The fourth-order valence-corrected chi connectivity index (χ4v) is 5.58. The second-order valence-electron chi connectivity index (χ2n) is 13.4. The summed E-state index contributed by atoms with van der Waals surface area (Å²) in [6.45, 7) is 5.86. The van der Waals surface area contributed by atoms with Gasteiger partial charge in [-0.25, -0.2) is 0 Å². The molecule has 0 radical (unpaired) electrons. The van der Waals surface area contributed by atoms with Gasteiger partial charge in [0.25, 0.3) is 0 Å². The van der Waals surface area contributed by atoms with Crippen molar-refractivity contribution in [1.29, 1.82) is 0 Å². The fraction of sp³-hybridized carbons (Fsp3) is 0.767. The number of alkyl halides is 1. The van der Waals surface area contributed by atoms with E-state index < -0.39 is 47.0 Å². The predicted octanol–water partition coefficient (Wildman–Crippen LogP) is 0.997. The predicted molar refractivity (Wildman–Crippen MR) is 156 cm³/mol. The quantitative estimate of drug-likeness (QED) is 0.0578. The molecule has 3 heterocycles. The van der Waals surface area contributed by atoms with Gasteiger partial charge in [-0.3, -0.25) is 28.9 Å². The number of hydrogen-bond donors (Lipinski definition) is 0. The van der Waals surface area contributed by atoms with Gasteiger partial charge in [-0.05, 0) is 19.8 Å². The highest BCUT2D eigenvalue weighted by molar-refractivity contribution is 6.30. The van der Waals surface area contributed by atoms with E-state index in [1.165, 1.54) is 0 Å². The number of carbonyl (C=O) groups is 5. The molecule has 43 heavy (non-hydrogen) atoms. The lowest BCUT2D eigenvalue weighted by molar-refractivity contribution is -0.888. The smallest absolute Gasteiger partial charge is 0.324 e. The lowest BCUT2D eigenvalue weighted by Crippen LogP contribution is -2.42. The van der Waals surface area contributed by atoms with Crippen LogP contribution in [0.1, 0.15) is 26.7 Å². The molecule has 242 valence electrons. The topological polar surface area (TPSA) is 126 Å². The molecule has 2 bridgehead atoms. The standard InChI is InChI=1S/C30H48ClN3O9/c1-8-34(6,7)13-16-42-30(39)21(31)18-20(29(38)41-15-12-33(3,4)5)17-19(2)28(37)40-14-11-32-26(35)24-22-9-10-23(43-22)25(24)27(32)36/h9-10,19-25H,8,11-18H2,1-7H3/q+2. The summed E-state index contributed by atoms with van der Waals surface area (Å²) in [5, 5.41) is -1.10. The first kappa shape index (κ1) is 34.9. The average Bonchev–Trinajstić information content (AvgIpc) is 3.61. The Morgan fingerprint density at radius 2 is 1.40 bits per heavy atom. The van der Waals surface area contributed by atoms with Crippen LogP contribution in [-0.2, 0) is 42.9 Å². The molecule has 0 saturated carbocycles. The number of likely N-dealkylation sites (tertiary alicyclic amines) is 1. The van der Waals surface area contributed by atoms with E-state index >= 15 is 0 Å². The van der Waals surface area contributed by atoms with Gasteiger partial charge in [-0.15, -0.1) is 11.6 Å². The normalized spacial score (nSPS) is 25.0. The molecule has 3 aliphatic heterocycles. The summed E-state index contributed by atoms with van der Waals surface area (Å²) >= 11 is 6.38. The molecule has 0 spiro atoms. The van der Waals surface area contributed by atoms with Gasteiger partial charge in [0.15, 0.2) is 0 Å². The Morgan fingerprint density at radius 3 is 1.95 bits per heavy atom. The van der Waals surface area contributed by atoms with E-state index in [9.17, 15) is 24.0 Å². The maximum Gasteiger partial charge on any atom is 0.324 e. The van der Waals surface area contributed by atoms with Gasteiger partial charge in [0.05, 0.1) is 84.2 Å². The SMILES string of the molecule is CC[N+](C)(C)CCOC(=O)C(Cl)CC(CC(C)C(=O)OCCN1C(=O)C2C3C=CC(O3)C2C1=O)C(=O)OCC[N+](C)(C)C. The number of amides is 2. The molecule has 12 nitrogen and oxygen atoms in total. The van der Waals surface area contributed by atoms with Gasteiger partial charge in [0.1, 0.15) is 38.3 Å². The van der Waals surface area contributed by atoms with Crippen molar-refractivity contribution in [2.75, 3.05) is 81.2 Å². The van der Waals surface area contributed by atoms with Crippen LogP contribution in [0.2, 0.25) is 0 Å². The van der Waals surface area contributed by atoms with Crippen LogP contribution < -0.4 is 0 Å². The third kappa shape index (κ3) is 9.23. The fourth-order valence-electron chi connectivity index (χ4n) is 5.30. The molecule has 0 N–H and O–H groups in total. The largest absolute Gasteiger partial charge is 0.464 e. The second kappa shape index (κ2) is 14.5. The van der Waals surface area contributed by atoms with Crippen molar-refractivity contribution in [2.45, 2.75) is 44.3 Å². The summed E-state index contributed by atoms with van der Waals surface area (Å²) in [5.74, 6) is -5.04. The van der Waals surface area contributed by atoms with Crippen LogP contribution in [0.5, 0.6) is 0 Å². The maximum absolute atomic E-state index is 13.1. The zero-order valence-corrected chi connectivity index (χ0v) is 27.2. The lowest BCUT2D eigenvalue weighted by Gasteiger charge is -2.28. The van der Waals surface area contributed by atoms with E-state index in [0.29, 0.717) is 22.1 Å². The van der Waals surface area contributed by atoms with Crippen LogP contribution in [0.3, 0.4) is 0 Å². The van der Waals surface area contributed by atoms with Gasteiger partial charge < -0.3 is 27.9 Å². The minimum Gasteiger partial charge on any atom is -0.464 e. The minimum absolute atomic E-state index is 0.0381. The van der Waals surface area contributed by atoms with Crippen molar-refractivity contribution in [3.8, 4) is 0 Å². The van der Waals surface area contributed by atoms with Crippen LogP contribution in [-0.4, -0.2) is 142 Å². The second-order valence-corrected chi connectivity index (χ2v) is 13.9. The number of carbonyl (C=O) groups excluding carboxylic acids is 5. The number of imide groups is 1. The first-order valence-corrected chi connectivity index (χ1v) is 15.4. The molecule has 3 rings (SSSR count). The number of quaternary nitrogens is 2. The van der Waals surface area contributed by atoms with E-state index in [4.69, 9.17) is 30.5 Å².